The quantitative estimate of drug-likeness (QED) is 0.800. The highest BCUT2D eigenvalue weighted by Crippen LogP contribution is 2.36. The molecule has 3 heterocycles. The Bertz CT molecular complexity index is 837. The molecule has 0 atom stereocenters. The summed E-state index contributed by atoms with van der Waals surface area (Å²) < 4.78 is 7.87. The lowest BCUT2D eigenvalue weighted by Gasteiger charge is -2.31. The zero-order valence-corrected chi connectivity index (χ0v) is 16.7. The van der Waals surface area contributed by atoms with Crippen LogP contribution in [0.15, 0.2) is 18.2 Å². The number of unbranched alkanes of at least 4 members (excludes halogenated alkanes) is 1. The highest BCUT2D eigenvalue weighted by Gasteiger charge is 2.27. The number of aryl methyl sites for hydroxylation is 1. The zero-order valence-electron chi connectivity index (χ0n) is 16.7. The van der Waals surface area contributed by atoms with Gasteiger partial charge in [0, 0.05) is 24.5 Å². The van der Waals surface area contributed by atoms with E-state index in [-0.39, 0.29) is 11.7 Å². The van der Waals surface area contributed by atoms with E-state index in [1.54, 1.807) is 12.1 Å². The molecule has 1 amide bonds. The second-order valence-corrected chi connectivity index (χ2v) is 8.08. The molecule has 6 nitrogen and oxygen atoms in total. The fourth-order valence-corrected chi connectivity index (χ4v) is 4.42. The Morgan fingerprint density at radius 2 is 2.11 bits per heavy atom. The van der Waals surface area contributed by atoms with Gasteiger partial charge in [0.2, 0.25) is 5.88 Å². The van der Waals surface area contributed by atoms with Gasteiger partial charge in [-0.3, -0.25) is 4.79 Å². The summed E-state index contributed by atoms with van der Waals surface area (Å²) >= 11 is 0. The van der Waals surface area contributed by atoms with Crippen molar-refractivity contribution in [2.24, 2.45) is 5.92 Å². The lowest BCUT2D eigenvalue weighted by Crippen LogP contribution is -2.39. The number of rotatable bonds is 6. The summed E-state index contributed by atoms with van der Waals surface area (Å²) in [6, 6.07) is 5.17. The van der Waals surface area contributed by atoms with Gasteiger partial charge >= 0.3 is 0 Å². The predicted octanol–water partition coefficient (Wildman–Crippen LogP) is 3.37. The average Bonchev–Trinajstić information content (AvgIpc) is 3.05. The van der Waals surface area contributed by atoms with Crippen LogP contribution in [-0.4, -0.2) is 53.3 Å². The number of carbonyl (C=O) groups excluding carboxylic acids is 1. The summed E-state index contributed by atoms with van der Waals surface area (Å²) in [5.41, 5.74) is 1.47. The van der Waals surface area contributed by atoms with Crippen LogP contribution in [0.3, 0.4) is 0 Å². The van der Waals surface area contributed by atoms with E-state index < -0.39 is 0 Å². The number of carbonyl (C=O) groups is 1. The molecule has 2 aliphatic heterocycles. The van der Waals surface area contributed by atoms with Gasteiger partial charge in [-0.15, -0.1) is 0 Å². The number of hydrogen-bond donors (Lipinski definition) is 2. The summed E-state index contributed by atoms with van der Waals surface area (Å²) in [5, 5.41) is 13.9. The van der Waals surface area contributed by atoms with Crippen molar-refractivity contribution >= 4 is 16.8 Å². The SMILES string of the molecule is CCCCN1CCC(CNC(=O)c2c3n(c4cc(O)ccc24)CCCO3)CC1. The maximum absolute atomic E-state index is 13.0. The topological polar surface area (TPSA) is 66.7 Å². The van der Waals surface area contributed by atoms with E-state index in [0.29, 0.717) is 30.5 Å². The van der Waals surface area contributed by atoms with Crippen molar-refractivity contribution in [3.05, 3.63) is 23.8 Å². The molecule has 2 N–H and O–H groups in total. The Labute approximate surface area is 166 Å². The first-order chi connectivity index (χ1) is 13.7. The molecule has 0 radical (unpaired) electrons. The van der Waals surface area contributed by atoms with Crippen molar-refractivity contribution in [2.45, 2.75) is 45.6 Å². The van der Waals surface area contributed by atoms with Crippen LogP contribution in [0.4, 0.5) is 0 Å². The first-order valence-electron chi connectivity index (χ1n) is 10.7. The van der Waals surface area contributed by atoms with E-state index in [0.717, 1.165) is 49.8 Å². The van der Waals surface area contributed by atoms with Crippen molar-refractivity contribution in [3.63, 3.8) is 0 Å². The van der Waals surface area contributed by atoms with Gasteiger partial charge in [0.1, 0.15) is 11.3 Å². The van der Waals surface area contributed by atoms with Gasteiger partial charge < -0.3 is 24.6 Å². The largest absolute Gasteiger partial charge is 0.508 e. The number of phenols is 1. The first-order valence-corrected chi connectivity index (χ1v) is 10.7. The molecule has 0 spiro atoms. The lowest BCUT2D eigenvalue weighted by atomic mass is 9.96. The standard InChI is InChI=1S/C22H31N3O3/c1-2-3-9-24-11-7-16(8-12-24)15-23-21(27)20-18-6-5-17(26)14-19(18)25-10-4-13-28-22(20)25/h5-6,14,16,26H,2-4,7-13,15H2,1H3,(H,23,27). The predicted molar refractivity (Wildman–Crippen MR) is 110 cm³/mol. The number of aromatic nitrogens is 1. The number of nitrogens with zero attached hydrogens (tertiary/aromatic N) is 2. The molecule has 0 saturated carbocycles. The number of ether oxygens (including phenoxy) is 1. The Balaban J connectivity index is 1.44. The molecular formula is C22H31N3O3. The van der Waals surface area contributed by atoms with Crippen LogP contribution in [0.2, 0.25) is 0 Å². The molecular weight excluding hydrogens is 354 g/mol. The Kier molecular flexibility index (Phi) is 5.76. The van der Waals surface area contributed by atoms with Gasteiger partial charge in [-0.25, -0.2) is 0 Å². The molecule has 4 rings (SSSR count). The zero-order chi connectivity index (χ0) is 19.5. The molecule has 2 aromatic rings. The number of benzene rings is 1. The molecule has 0 bridgehead atoms. The number of amides is 1. The average molecular weight is 386 g/mol. The number of fused-ring (bicyclic) bond motifs is 3. The van der Waals surface area contributed by atoms with Crippen LogP contribution in [0, 0.1) is 5.92 Å². The molecule has 1 aromatic carbocycles. The maximum atomic E-state index is 13.0. The fourth-order valence-electron chi connectivity index (χ4n) is 4.42. The second-order valence-electron chi connectivity index (χ2n) is 8.08. The van der Waals surface area contributed by atoms with Gasteiger partial charge in [0.05, 0.1) is 12.1 Å². The third-order valence-electron chi connectivity index (χ3n) is 6.08. The third kappa shape index (κ3) is 3.83. The molecule has 1 fully saturated rings. The van der Waals surface area contributed by atoms with Crippen LogP contribution in [0.1, 0.15) is 49.4 Å². The van der Waals surface area contributed by atoms with Crippen molar-refractivity contribution in [3.8, 4) is 11.6 Å². The normalized spacial score (nSPS) is 18.0. The van der Waals surface area contributed by atoms with Crippen molar-refractivity contribution in [1.29, 1.82) is 0 Å². The minimum absolute atomic E-state index is 0.0697. The minimum Gasteiger partial charge on any atom is -0.508 e. The highest BCUT2D eigenvalue weighted by molar-refractivity contribution is 6.10. The number of likely N-dealkylation sites (tertiary alicyclic amines) is 1. The number of piperidine rings is 1. The van der Waals surface area contributed by atoms with Gasteiger partial charge in [-0.2, -0.15) is 0 Å². The number of phenolic OH excluding ortho intramolecular Hbond substituents is 1. The van der Waals surface area contributed by atoms with E-state index in [1.807, 2.05) is 10.6 Å². The first kappa shape index (κ1) is 19.1. The third-order valence-corrected chi connectivity index (χ3v) is 6.08. The van der Waals surface area contributed by atoms with Crippen molar-refractivity contribution in [1.82, 2.24) is 14.8 Å². The van der Waals surface area contributed by atoms with Crippen LogP contribution in [-0.2, 0) is 6.54 Å². The summed E-state index contributed by atoms with van der Waals surface area (Å²) in [6.45, 7) is 7.84. The van der Waals surface area contributed by atoms with Crippen LogP contribution in [0.5, 0.6) is 11.6 Å². The van der Waals surface area contributed by atoms with Gasteiger partial charge in [0.25, 0.3) is 5.91 Å². The van der Waals surface area contributed by atoms with Gasteiger partial charge in [-0.05, 0) is 63.4 Å². The second kappa shape index (κ2) is 8.43. The van der Waals surface area contributed by atoms with E-state index in [1.165, 1.54) is 19.4 Å². The Morgan fingerprint density at radius 3 is 2.89 bits per heavy atom. The fraction of sp³-hybridized carbons (Fsp3) is 0.591. The molecule has 152 valence electrons. The lowest BCUT2D eigenvalue weighted by molar-refractivity contribution is 0.0931. The van der Waals surface area contributed by atoms with Crippen molar-refractivity contribution < 1.29 is 14.6 Å². The smallest absolute Gasteiger partial charge is 0.257 e. The van der Waals surface area contributed by atoms with E-state index in [9.17, 15) is 9.90 Å². The Hall–Kier alpha value is -2.21. The summed E-state index contributed by atoms with van der Waals surface area (Å²) in [5.74, 6) is 1.31. The molecule has 28 heavy (non-hydrogen) atoms. The number of nitrogens with one attached hydrogen (secondary N) is 1. The number of hydrogen-bond acceptors (Lipinski definition) is 4. The van der Waals surface area contributed by atoms with E-state index in [4.69, 9.17) is 4.74 Å². The summed E-state index contributed by atoms with van der Waals surface area (Å²) in [4.78, 5) is 15.6. The van der Waals surface area contributed by atoms with Crippen LogP contribution >= 0.6 is 0 Å². The van der Waals surface area contributed by atoms with E-state index >= 15 is 0 Å². The number of aromatic hydroxyl groups is 1. The molecule has 0 aliphatic carbocycles. The highest BCUT2D eigenvalue weighted by atomic mass is 16.5. The molecule has 1 aromatic heterocycles. The molecule has 6 heteroatoms. The maximum Gasteiger partial charge on any atom is 0.257 e. The Morgan fingerprint density at radius 1 is 1.29 bits per heavy atom. The molecule has 0 unspecified atom stereocenters. The molecule has 2 aliphatic rings. The molecule has 1 saturated heterocycles. The van der Waals surface area contributed by atoms with Crippen molar-refractivity contribution in [2.75, 3.05) is 32.8 Å². The van der Waals surface area contributed by atoms with Crippen LogP contribution in [0.25, 0.3) is 10.9 Å². The van der Waals surface area contributed by atoms with E-state index in [2.05, 4.69) is 17.1 Å². The summed E-state index contributed by atoms with van der Waals surface area (Å²) in [7, 11) is 0. The summed E-state index contributed by atoms with van der Waals surface area (Å²) in [6.07, 6.45) is 5.70. The van der Waals surface area contributed by atoms with Gasteiger partial charge in [-0.1, -0.05) is 13.3 Å². The van der Waals surface area contributed by atoms with Crippen LogP contribution < -0.4 is 10.1 Å². The monoisotopic (exact) mass is 385 g/mol. The van der Waals surface area contributed by atoms with Gasteiger partial charge in [0.15, 0.2) is 0 Å². The minimum atomic E-state index is -0.0697.